The average molecular weight is 370 g/mol. The van der Waals surface area contributed by atoms with Gasteiger partial charge in [-0.15, -0.1) is 11.3 Å². The first-order chi connectivity index (χ1) is 10.6. The number of halogens is 1. The highest BCUT2D eigenvalue weighted by molar-refractivity contribution is 9.10. The number of benzene rings is 1. The molecule has 0 fully saturated rings. The second-order valence-electron chi connectivity index (χ2n) is 4.87. The van der Waals surface area contributed by atoms with E-state index in [0.29, 0.717) is 5.56 Å². The molecule has 0 radical (unpaired) electrons. The van der Waals surface area contributed by atoms with Crippen molar-refractivity contribution in [3.63, 3.8) is 0 Å². The molecule has 2 heterocycles. The zero-order valence-electron chi connectivity index (χ0n) is 11.8. The molecule has 1 aromatic carbocycles. The van der Waals surface area contributed by atoms with E-state index in [-0.39, 0.29) is 5.82 Å². The molecule has 5 heteroatoms. The van der Waals surface area contributed by atoms with E-state index in [1.54, 1.807) is 11.3 Å². The molecule has 22 heavy (non-hydrogen) atoms. The molecule has 0 spiro atoms. The number of nitrogens with two attached hydrogens (primary N) is 1. The van der Waals surface area contributed by atoms with Crippen molar-refractivity contribution in [3.8, 4) is 27.8 Å². The van der Waals surface area contributed by atoms with Crippen LogP contribution in [0.15, 0.2) is 46.3 Å². The largest absolute Gasteiger partial charge is 0.383 e. The molecule has 0 aliphatic carbocycles. The Bertz CT molecular complexity index is 893. The summed E-state index contributed by atoms with van der Waals surface area (Å²) in [5.74, 6) is 0.266. The number of nitrogens with zero attached hydrogens (tertiary/aromatic N) is 2. The lowest BCUT2D eigenvalue weighted by atomic mass is 10.0. The summed E-state index contributed by atoms with van der Waals surface area (Å²) in [6.07, 6.45) is 0. The van der Waals surface area contributed by atoms with Crippen LogP contribution in [0.4, 0.5) is 5.82 Å². The van der Waals surface area contributed by atoms with Crippen LogP contribution in [0.3, 0.4) is 0 Å². The van der Waals surface area contributed by atoms with Crippen LogP contribution in [-0.4, -0.2) is 4.98 Å². The summed E-state index contributed by atoms with van der Waals surface area (Å²) in [4.78, 5) is 5.41. The summed E-state index contributed by atoms with van der Waals surface area (Å²) < 4.78 is 0.990. The molecule has 2 aromatic heterocycles. The van der Waals surface area contributed by atoms with Gasteiger partial charge in [-0.1, -0.05) is 24.3 Å². The maximum atomic E-state index is 9.41. The van der Waals surface area contributed by atoms with Gasteiger partial charge in [-0.05, 0) is 40.5 Å². The van der Waals surface area contributed by atoms with Gasteiger partial charge in [0.1, 0.15) is 17.5 Å². The van der Waals surface area contributed by atoms with Crippen LogP contribution in [-0.2, 0) is 0 Å². The van der Waals surface area contributed by atoms with Crippen molar-refractivity contribution in [2.45, 2.75) is 6.92 Å². The second kappa shape index (κ2) is 5.91. The summed E-state index contributed by atoms with van der Waals surface area (Å²) in [5, 5.41) is 11.4. The summed E-state index contributed by atoms with van der Waals surface area (Å²) in [5.41, 5.74) is 10.2. The van der Waals surface area contributed by atoms with Crippen molar-refractivity contribution in [2.24, 2.45) is 0 Å². The number of nitrogen functional groups attached to an aromatic ring is 1. The standard InChI is InChI=1S/C17H12BrN3S/c1-10-4-2-3-5-12(10)15-7-13(14(8-19)17(20)21-15)16-6-11(18)9-22-16/h2-7,9H,1H3,(H2,20,21). The van der Waals surface area contributed by atoms with Gasteiger partial charge in [0.25, 0.3) is 0 Å². The Morgan fingerprint density at radius 2 is 2.00 bits per heavy atom. The highest BCUT2D eigenvalue weighted by Gasteiger charge is 2.15. The molecule has 0 saturated carbocycles. The third-order valence-corrected chi connectivity index (χ3v) is 5.14. The van der Waals surface area contributed by atoms with E-state index in [4.69, 9.17) is 5.73 Å². The lowest BCUT2D eigenvalue weighted by Gasteiger charge is -2.10. The fraction of sp³-hybridized carbons (Fsp3) is 0.0588. The van der Waals surface area contributed by atoms with E-state index in [9.17, 15) is 5.26 Å². The van der Waals surface area contributed by atoms with Gasteiger partial charge in [0.15, 0.2) is 0 Å². The van der Waals surface area contributed by atoms with E-state index in [1.807, 2.05) is 48.7 Å². The summed E-state index contributed by atoms with van der Waals surface area (Å²) in [6.45, 7) is 2.03. The minimum atomic E-state index is 0.266. The van der Waals surface area contributed by atoms with Gasteiger partial charge in [-0.2, -0.15) is 5.26 Å². The van der Waals surface area contributed by atoms with Gasteiger partial charge < -0.3 is 5.73 Å². The SMILES string of the molecule is Cc1ccccc1-c1cc(-c2cc(Br)cs2)c(C#N)c(N)n1. The molecule has 3 aromatic rings. The Hall–Kier alpha value is -2.16. The van der Waals surface area contributed by atoms with Crippen molar-refractivity contribution in [1.29, 1.82) is 5.26 Å². The van der Waals surface area contributed by atoms with Crippen LogP contribution in [0.5, 0.6) is 0 Å². The fourth-order valence-electron chi connectivity index (χ4n) is 2.33. The highest BCUT2D eigenvalue weighted by Crippen LogP contribution is 2.36. The monoisotopic (exact) mass is 369 g/mol. The number of aromatic nitrogens is 1. The Kier molecular flexibility index (Phi) is 3.97. The average Bonchev–Trinajstić information content (AvgIpc) is 2.93. The third kappa shape index (κ3) is 2.63. The van der Waals surface area contributed by atoms with Crippen LogP contribution in [0, 0.1) is 18.3 Å². The highest BCUT2D eigenvalue weighted by atomic mass is 79.9. The maximum absolute atomic E-state index is 9.41. The van der Waals surface area contributed by atoms with E-state index in [2.05, 4.69) is 27.0 Å². The van der Waals surface area contributed by atoms with Crippen molar-refractivity contribution in [1.82, 2.24) is 4.98 Å². The van der Waals surface area contributed by atoms with Gasteiger partial charge >= 0.3 is 0 Å². The molecule has 2 N–H and O–H groups in total. The minimum absolute atomic E-state index is 0.266. The summed E-state index contributed by atoms with van der Waals surface area (Å²) in [6, 6.07) is 14.1. The molecule has 0 saturated heterocycles. The molecule has 0 bridgehead atoms. The van der Waals surface area contributed by atoms with Crippen LogP contribution in [0.25, 0.3) is 21.7 Å². The van der Waals surface area contributed by atoms with E-state index in [0.717, 1.165) is 31.7 Å². The molecule has 0 amide bonds. The molecule has 0 aliphatic heterocycles. The molecule has 3 rings (SSSR count). The van der Waals surface area contributed by atoms with Crippen LogP contribution >= 0.6 is 27.3 Å². The lowest BCUT2D eigenvalue weighted by Crippen LogP contribution is -1.99. The smallest absolute Gasteiger partial charge is 0.142 e. The molecular weight excluding hydrogens is 358 g/mol. The minimum Gasteiger partial charge on any atom is -0.383 e. The molecule has 0 unspecified atom stereocenters. The lowest BCUT2D eigenvalue weighted by molar-refractivity contribution is 1.30. The van der Waals surface area contributed by atoms with Gasteiger partial charge in [0.2, 0.25) is 0 Å². The Morgan fingerprint density at radius 1 is 1.23 bits per heavy atom. The second-order valence-corrected chi connectivity index (χ2v) is 6.70. The first-order valence-corrected chi connectivity index (χ1v) is 8.28. The summed E-state index contributed by atoms with van der Waals surface area (Å²) >= 11 is 5.02. The normalized spacial score (nSPS) is 10.4. The molecular formula is C17H12BrN3S. The summed E-state index contributed by atoms with van der Waals surface area (Å²) in [7, 11) is 0. The molecule has 3 nitrogen and oxygen atoms in total. The number of anilines is 1. The van der Waals surface area contributed by atoms with Crippen molar-refractivity contribution < 1.29 is 0 Å². The number of nitriles is 1. The van der Waals surface area contributed by atoms with E-state index >= 15 is 0 Å². The zero-order chi connectivity index (χ0) is 15.7. The quantitative estimate of drug-likeness (QED) is 0.690. The number of hydrogen-bond acceptors (Lipinski definition) is 4. The topological polar surface area (TPSA) is 62.7 Å². The number of pyridine rings is 1. The van der Waals surface area contributed by atoms with Gasteiger partial charge in [0, 0.05) is 25.9 Å². The Labute approximate surface area is 141 Å². The molecule has 0 atom stereocenters. The third-order valence-electron chi connectivity index (χ3n) is 3.41. The zero-order valence-corrected chi connectivity index (χ0v) is 14.2. The van der Waals surface area contributed by atoms with E-state index < -0.39 is 0 Å². The maximum Gasteiger partial charge on any atom is 0.142 e. The predicted octanol–water partition coefficient (Wildman–Crippen LogP) is 5.00. The van der Waals surface area contributed by atoms with Crippen molar-refractivity contribution >= 4 is 33.1 Å². The van der Waals surface area contributed by atoms with E-state index in [1.165, 1.54) is 0 Å². The number of aryl methyl sites for hydroxylation is 1. The van der Waals surface area contributed by atoms with Crippen LogP contribution in [0.1, 0.15) is 11.1 Å². The van der Waals surface area contributed by atoms with Gasteiger partial charge in [-0.25, -0.2) is 4.98 Å². The van der Waals surface area contributed by atoms with Crippen LogP contribution < -0.4 is 5.73 Å². The van der Waals surface area contributed by atoms with Gasteiger partial charge in [0.05, 0.1) is 5.69 Å². The first-order valence-electron chi connectivity index (χ1n) is 6.61. The molecule has 108 valence electrons. The van der Waals surface area contributed by atoms with Crippen LogP contribution in [0.2, 0.25) is 0 Å². The number of rotatable bonds is 2. The molecule has 0 aliphatic rings. The number of hydrogen-bond donors (Lipinski definition) is 1. The van der Waals surface area contributed by atoms with Crippen molar-refractivity contribution in [3.05, 3.63) is 57.4 Å². The Balaban J connectivity index is 2.26. The van der Waals surface area contributed by atoms with Crippen molar-refractivity contribution in [2.75, 3.05) is 5.73 Å². The predicted molar refractivity (Wildman–Crippen MR) is 94.6 cm³/mol. The van der Waals surface area contributed by atoms with Gasteiger partial charge in [-0.3, -0.25) is 0 Å². The first kappa shape index (κ1) is 14.8. The fourth-order valence-corrected chi connectivity index (χ4v) is 3.78. The number of thiophene rings is 1. The Morgan fingerprint density at radius 3 is 2.64 bits per heavy atom.